The molecule has 0 aromatic heterocycles. The average Bonchev–Trinajstić information content (AvgIpc) is 2.30. The fraction of sp³-hybridized carbons (Fsp3) is 0.182. The normalized spacial score (nSPS) is 14.9. The maximum Gasteiger partial charge on any atom is 0.488 e. The number of allylic oxidation sites excluding steroid dienone is 1. The molecule has 1 heterocycles. The standard InChI is InChI=1S/C11H12BNO2/c14-12(15)11-5-3-9(4-6-11)10-2-1-7-13-8-10/h2-7,14-15H,1,8H2. The van der Waals surface area contributed by atoms with E-state index in [0.29, 0.717) is 12.0 Å². The summed E-state index contributed by atoms with van der Waals surface area (Å²) in [5.74, 6) is 0. The van der Waals surface area contributed by atoms with Crippen LogP contribution in [0.4, 0.5) is 0 Å². The number of hydrogen-bond donors (Lipinski definition) is 2. The number of nitrogens with zero attached hydrogens (tertiary/aromatic N) is 1. The van der Waals surface area contributed by atoms with E-state index >= 15 is 0 Å². The monoisotopic (exact) mass is 201 g/mol. The Labute approximate surface area is 88.9 Å². The number of dihydropyridines is 1. The van der Waals surface area contributed by atoms with Crippen molar-refractivity contribution in [1.82, 2.24) is 0 Å². The molecule has 15 heavy (non-hydrogen) atoms. The molecule has 0 saturated carbocycles. The summed E-state index contributed by atoms with van der Waals surface area (Å²) < 4.78 is 0. The van der Waals surface area contributed by atoms with Crippen molar-refractivity contribution in [3.8, 4) is 0 Å². The lowest BCUT2D eigenvalue weighted by molar-refractivity contribution is 0.426. The molecule has 0 aliphatic carbocycles. The van der Waals surface area contributed by atoms with Crippen LogP contribution in [0.1, 0.15) is 12.0 Å². The zero-order valence-electron chi connectivity index (χ0n) is 8.30. The van der Waals surface area contributed by atoms with Gasteiger partial charge in [0, 0.05) is 12.6 Å². The molecule has 1 aliphatic rings. The Morgan fingerprint density at radius 1 is 1.13 bits per heavy atom. The van der Waals surface area contributed by atoms with Crippen LogP contribution >= 0.6 is 0 Å². The molecule has 3 nitrogen and oxygen atoms in total. The highest BCUT2D eigenvalue weighted by Crippen LogP contribution is 2.16. The van der Waals surface area contributed by atoms with E-state index in [1.54, 1.807) is 12.1 Å². The summed E-state index contributed by atoms with van der Waals surface area (Å²) in [5, 5.41) is 17.9. The molecule has 0 amide bonds. The van der Waals surface area contributed by atoms with E-state index in [1.165, 1.54) is 5.57 Å². The van der Waals surface area contributed by atoms with Crippen LogP contribution in [0, 0.1) is 0 Å². The van der Waals surface area contributed by atoms with Crippen LogP contribution in [0.5, 0.6) is 0 Å². The van der Waals surface area contributed by atoms with Crippen molar-refractivity contribution in [2.24, 2.45) is 4.99 Å². The van der Waals surface area contributed by atoms with E-state index in [2.05, 4.69) is 11.1 Å². The van der Waals surface area contributed by atoms with Gasteiger partial charge in [-0.1, -0.05) is 30.3 Å². The van der Waals surface area contributed by atoms with E-state index in [-0.39, 0.29) is 0 Å². The van der Waals surface area contributed by atoms with Crippen LogP contribution < -0.4 is 5.46 Å². The van der Waals surface area contributed by atoms with Crippen molar-refractivity contribution >= 4 is 24.4 Å². The molecule has 0 fully saturated rings. The number of aliphatic imine (C=N–C) groups is 1. The first-order chi connectivity index (χ1) is 7.27. The quantitative estimate of drug-likeness (QED) is 0.672. The van der Waals surface area contributed by atoms with Gasteiger partial charge < -0.3 is 10.0 Å². The molecule has 2 N–H and O–H groups in total. The van der Waals surface area contributed by atoms with Crippen LogP contribution in [-0.4, -0.2) is 29.9 Å². The predicted molar refractivity (Wildman–Crippen MR) is 62.2 cm³/mol. The van der Waals surface area contributed by atoms with Gasteiger partial charge in [0.2, 0.25) is 0 Å². The van der Waals surface area contributed by atoms with Crippen molar-refractivity contribution in [1.29, 1.82) is 0 Å². The Hall–Kier alpha value is -1.39. The van der Waals surface area contributed by atoms with Gasteiger partial charge in [-0.3, -0.25) is 4.99 Å². The summed E-state index contributed by atoms with van der Waals surface area (Å²) in [6.07, 6.45) is 4.91. The van der Waals surface area contributed by atoms with Crippen molar-refractivity contribution in [2.75, 3.05) is 6.54 Å². The second-order valence-corrected chi connectivity index (χ2v) is 3.48. The van der Waals surface area contributed by atoms with E-state index < -0.39 is 7.12 Å². The van der Waals surface area contributed by atoms with Crippen molar-refractivity contribution in [3.63, 3.8) is 0 Å². The summed E-state index contributed by atoms with van der Waals surface area (Å²) in [7, 11) is -1.39. The van der Waals surface area contributed by atoms with E-state index in [1.807, 2.05) is 18.3 Å². The van der Waals surface area contributed by atoms with Gasteiger partial charge in [0.25, 0.3) is 0 Å². The highest BCUT2D eigenvalue weighted by atomic mass is 16.4. The first-order valence-corrected chi connectivity index (χ1v) is 4.91. The molecule has 0 atom stereocenters. The van der Waals surface area contributed by atoms with Gasteiger partial charge in [-0.15, -0.1) is 0 Å². The smallest absolute Gasteiger partial charge is 0.423 e. The van der Waals surface area contributed by atoms with E-state index in [0.717, 1.165) is 12.0 Å². The molecule has 4 heteroatoms. The summed E-state index contributed by atoms with van der Waals surface area (Å²) in [6, 6.07) is 7.22. The van der Waals surface area contributed by atoms with Gasteiger partial charge >= 0.3 is 7.12 Å². The molecule has 1 aromatic rings. The van der Waals surface area contributed by atoms with Crippen LogP contribution in [0.15, 0.2) is 35.3 Å². The molecule has 0 unspecified atom stereocenters. The Morgan fingerprint density at radius 2 is 1.87 bits per heavy atom. The van der Waals surface area contributed by atoms with Gasteiger partial charge in [0.1, 0.15) is 0 Å². The summed E-state index contributed by atoms with van der Waals surface area (Å²) in [4.78, 5) is 4.20. The second kappa shape index (κ2) is 4.42. The Balaban J connectivity index is 2.20. The van der Waals surface area contributed by atoms with Crippen molar-refractivity contribution in [2.45, 2.75) is 6.42 Å². The molecule has 2 rings (SSSR count). The van der Waals surface area contributed by atoms with Crippen LogP contribution in [0.25, 0.3) is 5.57 Å². The maximum absolute atomic E-state index is 8.94. The first-order valence-electron chi connectivity index (χ1n) is 4.91. The molecule has 76 valence electrons. The highest BCUT2D eigenvalue weighted by Gasteiger charge is 2.10. The fourth-order valence-corrected chi connectivity index (χ4v) is 1.58. The molecule has 1 aromatic carbocycles. The SMILES string of the molecule is OB(O)c1ccc(C2=CCC=NC2)cc1. The van der Waals surface area contributed by atoms with Crippen LogP contribution in [-0.2, 0) is 0 Å². The lowest BCUT2D eigenvalue weighted by atomic mass is 9.80. The van der Waals surface area contributed by atoms with Gasteiger partial charge in [0.15, 0.2) is 0 Å². The first kappa shape index (κ1) is 10.1. The topological polar surface area (TPSA) is 52.8 Å². The lowest BCUT2D eigenvalue weighted by Gasteiger charge is -2.09. The minimum absolute atomic E-state index is 0.513. The second-order valence-electron chi connectivity index (χ2n) is 3.48. The third-order valence-electron chi connectivity index (χ3n) is 2.44. The third-order valence-corrected chi connectivity index (χ3v) is 2.44. The zero-order chi connectivity index (χ0) is 10.7. The van der Waals surface area contributed by atoms with Gasteiger partial charge in [0.05, 0.1) is 6.54 Å². The zero-order valence-corrected chi connectivity index (χ0v) is 8.30. The minimum Gasteiger partial charge on any atom is -0.423 e. The fourth-order valence-electron chi connectivity index (χ4n) is 1.58. The molecule has 1 aliphatic heterocycles. The Morgan fingerprint density at radius 3 is 2.40 bits per heavy atom. The van der Waals surface area contributed by atoms with Gasteiger partial charge in [-0.05, 0) is 16.6 Å². The number of rotatable bonds is 2. The highest BCUT2D eigenvalue weighted by molar-refractivity contribution is 6.58. The number of hydrogen-bond acceptors (Lipinski definition) is 3. The third kappa shape index (κ3) is 2.35. The van der Waals surface area contributed by atoms with Crippen molar-refractivity contribution < 1.29 is 10.0 Å². The molecular weight excluding hydrogens is 189 g/mol. The minimum atomic E-state index is -1.39. The van der Waals surface area contributed by atoms with Gasteiger partial charge in [-0.25, -0.2) is 0 Å². The van der Waals surface area contributed by atoms with Crippen molar-refractivity contribution in [3.05, 3.63) is 35.9 Å². The summed E-state index contributed by atoms with van der Waals surface area (Å²) >= 11 is 0. The Bertz CT molecular complexity index is 396. The molecule has 0 radical (unpaired) electrons. The lowest BCUT2D eigenvalue weighted by Crippen LogP contribution is -2.29. The molecule has 0 bridgehead atoms. The summed E-state index contributed by atoms with van der Waals surface area (Å²) in [6.45, 7) is 0.709. The van der Waals surface area contributed by atoms with E-state index in [9.17, 15) is 0 Å². The summed E-state index contributed by atoms with van der Waals surface area (Å²) in [5.41, 5.74) is 2.80. The largest absolute Gasteiger partial charge is 0.488 e. The maximum atomic E-state index is 8.94. The molecule has 0 saturated heterocycles. The van der Waals surface area contributed by atoms with Crippen LogP contribution in [0.2, 0.25) is 0 Å². The van der Waals surface area contributed by atoms with Gasteiger partial charge in [-0.2, -0.15) is 0 Å². The Kier molecular flexibility index (Phi) is 2.99. The number of benzene rings is 1. The van der Waals surface area contributed by atoms with Crippen LogP contribution in [0.3, 0.4) is 0 Å². The molecule has 0 spiro atoms. The average molecular weight is 201 g/mol. The molecular formula is C11H12BNO2. The van der Waals surface area contributed by atoms with E-state index in [4.69, 9.17) is 10.0 Å². The predicted octanol–water partition coefficient (Wildman–Crippen LogP) is 0.224.